The SMILES string of the molecule is CCc1cc(=O)oc2cc(O[C@@H](C)C(=O)NCC3CCC(C(=O)O)CC3)c(Cl)cc12. The van der Waals surface area contributed by atoms with Crippen molar-refractivity contribution in [2.24, 2.45) is 11.8 Å². The van der Waals surface area contributed by atoms with Gasteiger partial charge >= 0.3 is 11.6 Å². The standard InChI is InChI=1S/C22H26ClNO6/c1-3-14-8-20(25)30-18-10-19(17(23)9-16(14)18)29-12(2)21(26)24-11-13-4-6-15(7-5-13)22(27)28/h8-10,12-13,15H,3-7,11H2,1-2H3,(H,24,26)(H,27,28)/t12-,13?,15?/m0/s1. The van der Waals surface area contributed by atoms with Crippen LogP contribution in [0.2, 0.25) is 5.02 Å². The van der Waals surface area contributed by atoms with Gasteiger partial charge < -0.3 is 19.6 Å². The van der Waals surface area contributed by atoms with Crippen molar-refractivity contribution in [3.05, 3.63) is 39.2 Å². The van der Waals surface area contributed by atoms with E-state index in [9.17, 15) is 14.4 Å². The molecule has 0 saturated heterocycles. The highest BCUT2D eigenvalue weighted by Crippen LogP contribution is 2.32. The van der Waals surface area contributed by atoms with Crippen molar-refractivity contribution in [3.8, 4) is 5.75 Å². The van der Waals surface area contributed by atoms with Gasteiger partial charge in [-0.05, 0) is 56.6 Å². The van der Waals surface area contributed by atoms with Gasteiger partial charge in [-0.25, -0.2) is 4.79 Å². The summed E-state index contributed by atoms with van der Waals surface area (Å²) in [4.78, 5) is 35.2. The Bertz CT molecular complexity index is 993. The Kier molecular flexibility index (Phi) is 7.02. The number of aryl methyl sites for hydroxylation is 1. The topological polar surface area (TPSA) is 106 Å². The van der Waals surface area contributed by atoms with Gasteiger partial charge in [-0.2, -0.15) is 0 Å². The number of benzene rings is 1. The lowest BCUT2D eigenvalue weighted by Gasteiger charge is -2.26. The molecule has 1 saturated carbocycles. The van der Waals surface area contributed by atoms with Crippen LogP contribution in [0.3, 0.4) is 0 Å². The van der Waals surface area contributed by atoms with Crippen molar-refractivity contribution in [1.82, 2.24) is 5.32 Å². The first-order valence-corrected chi connectivity index (χ1v) is 10.6. The number of carboxylic acids is 1. The molecule has 162 valence electrons. The van der Waals surface area contributed by atoms with Gasteiger partial charge in [0.25, 0.3) is 5.91 Å². The third-order valence-corrected chi connectivity index (χ3v) is 5.99. The summed E-state index contributed by atoms with van der Waals surface area (Å²) in [6, 6.07) is 4.66. The molecule has 8 heteroatoms. The maximum Gasteiger partial charge on any atom is 0.336 e. The number of ether oxygens (including phenoxy) is 1. The summed E-state index contributed by atoms with van der Waals surface area (Å²) in [6.07, 6.45) is 2.70. The molecule has 1 amide bonds. The Morgan fingerprint density at radius 3 is 2.60 bits per heavy atom. The zero-order valence-corrected chi connectivity index (χ0v) is 17.8. The molecule has 1 atom stereocenters. The molecule has 1 aromatic carbocycles. The van der Waals surface area contributed by atoms with E-state index < -0.39 is 17.7 Å². The van der Waals surface area contributed by atoms with E-state index in [1.54, 1.807) is 13.0 Å². The number of nitrogens with one attached hydrogen (secondary N) is 1. The lowest BCUT2D eigenvalue weighted by atomic mass is 9.82. The number of carboxylic acid groups (broad SMARTS) is 1. The molecular weight excluding hydrogens is 410 g/mol. The molecular formula is C22H26ClNO6. The van der Waals surface area contributed by atoms with E-state index in [0.717, 1.165) is 23.8 Å². The van der Waals surface area contributed by atoms with Crippen molar-refractivity contribution < 1.29 is 23.8 Å². The highest BCUT2D eigenvalue weighted by Gasteiger charge is 2.26. The molecule has 1 aromatic heterocycles. The highest BCUT2D eigenvalue weighted by atomic mass is 35.5. The third-order valence-electron chi connectivity index (χ3n) is 5.70. The number of carbonyl (C=O) groups excluding carboxylic acids is 1. The summed E-state index contributed by atoms with van der Waals surface area (Å²) in [5.74, 6) is -0.764. The fraction of sp³-hybridized carbons (Fsp3) is 0.500. The summed E-state index contributed by atoms with van der Waals surface area (Å²) in [5, 5.41) is 13.0. The van der Waals surface area contributed by atoms with Gasteiger partial charge in [-0.1, -0.05) is 18.5 Å². The Labute approximate surface area is 179 Å². The Hall–Kier alpha value is -2.54. The quantitative estimate of drug-likeness (QED) is 0.641. The van der Waals surface area contributed by atoms with Crippen molar-refractivity contribution in [1.29, 1.82) is 0 Å². The number of amides is 1. The van der Waals surface area contributed by atoms with Gasteiger partial charge in [0.2, 0.25) is 0 Å². The molecule has 3 rings (SSSR count). The smallest absolute Gasteiger partial charge is 0.336 e. The lowest BCUT2D eigenvalue weighted by molar-refractivity contribution is -0.143. The molecule has 2 N–H and O–H groups in total. The number of aliphatic carboxylic acids is 1. The van der Waals surface area contributed by atoms with Crippen LogP contribution in [0.1, 0.15) is 45.1 Å². The van der Waals surface area contributed by atoms with Crippen molar-refractivity contribution >= 4 is 34.4 Å². The van der Waals surface area contributed by atoms with E-state index in [1.807, 2.05) is 6.92 Å². The largest absolute Gasteiger partial charge is 0.481 e. The lowest BCUT2D eigenvalue weighted by Crippen LogP contribution is -2.39. The first-order chi connectivity index (χ1) is 14.3. The van der Waals surface area contributed by atoms with Crippen LogP contribution in [0, 0.1) is 11.8 Å². The molecule has 0 radical (unpaired) electrons. The number of fused-ring (bicyclic) bond motifs is 1. The second-order valence-corrected chi connectivity index (χ2v) is 8.19. The molecule has 1 heterocycles. The monoisotopic (exact) mass is 435 g/mol. The molecule has 7 nitrogen and oxygen atoms in total. The van der Waals surface area contributed by atoms with Gasteiger partial charge in [0.15, 0.2) is 6.10 Å². The van der Waals surface area contributed by atoms with E-state index in [2.05, 4.69) is 5.32 Å². The highest BCUT2D eigenvalue weighted by molar-refractivity contribution is 6.32. The zero-order chi connectivity index (χ0) is 21.8. The number of hydrogen-bond donors (Lipinski definition) is 2. The van der Waals surface area contributed by atoms with Gasteiger partial charge in [0.1, 0.15) is 11.3 Å². The minimum absolute atomic E-state index is 0.266. The van der Waals surface area contributed by atoms with Crippen LogP contribution in [0.15, 0.2) is 27.4 Å². The van der Waals surface area contributed by atoms with Crippen LogP contribution in [0.4, 0.5) is 0 Å². The fourth-order valence-electron chi connectivity index (χ4n) is 3.86. The van der Waals surface area contributed by atoms with Crippen LogP contribution < -0.4 is 15.7 Å². The van der Waals surface area contributed by atoms with E-state index in [0.29, 0.717) is 36.4 Å². The molecule has 0 unspecified atom stereocenters. The minimum Gasteiger partial charge on any atom is -0.481 e. The summed E-state index contributed by atoms with van der Waals surface area (Å²) in [6.45, 7) is 4.04. The van der Waals surface area contributed by atoms with Crippen molar-refractivity contribution in [2.45, 2.75) is 52.1 Å². The molecule has 30 heavy (non-hydrogen) atoms. The normalized spacial score (nSPS) is 20.0. The molecule has 1 aliphatic rings. The Balaban J connectivity index is 1.61. The number of carbonyl (C=O) groups is 2. The van der Waals surface area contributed by atoms with Crippen molar-refractivity contribution in [2.75, 3.05) is 6.54 Å². The summed E-state index contributed by atoms with van der Waals surface area (Å²) >= 11 is 6.33. The predicted molar refractivity (Wildman–Crippen MR) is 113 cm³/mol. The van der Waals surface area contributed by atoms with Crippen LogP contribution in [-0.4, -0.2) is 29.6 Å². The number of halogens is 1. The van der Waals surface area contributed by atoms with Crippen molar-refractivity contribution in [3.63, 3.8) is 0 Å². The van der Waals surface area contributed by atoms with Crippen LogP contribution in [-0.2, 0) is 16.0 Å². The summed E-state index contributed by atoms with van der Waals surface area (Å²) in [7, 11) is 0. The zero-order valence-electron chi connectivity index (χ0n) is 17.1. The van der Waals surface area contributed by atoms with Gasteiger partial charge in [0.05, 0.1) is 10.9 Å². The van der Waals surface area contributed by atoms with Crippen LogP contribution in [0.5, 0.6) is 5.75 Å². The second-order valence-electron chi connectivity index (χ2n) is 7.78. The molecule has 2 aromatic rings. The van der Waals surface area contributed by atoms with Crippen LogP contribution >= 0.6 is 11.6 Å². The first kappa shape index (κ1) is 22.2. The Morgan fingerprint density at radius 2 is 1.97 bits per heavy atom. The van der Waals surface area contributed by atoms with Gasteiger partial charge in [-0.3, -0.25) is 9.59 Å². The van der Waals surface area contributed by atoms with E-state index in [4.69, 9.17) is 25.9 Å². The average molecular weight is 436 g/mol. The summed E-state index contributed by atoms with van der Waals surface area (Å²) in [5.41, 5.74) is 0.746. The second kappa shape index (κ2) is 9.51. The molecule has 1 aliphatic carbocycles. The van der Waals surface area contributed by atoms with Crippen LogP contribution in [0.25, 0.3) is 11.0 Å². The van der Waals surface area contributed by atoms with Gasteiger partial charge in [-0.15, -0.1) is 0 Å². The molecule has 0 bridgehead atoms. The minimum atomic E-state index is -0.795. The number of hydrogen-bond acceptors (Lipinski definition) is 5. The van der Waals surface area contributed by atoms with E-state index >= 15 is 0 Å². The molecule has 0 aliphatic heterocycles. The predicted octanol–water partition coefficient (Wildman–Crippen LogP) is 3.78. The molecule has 1 fully saturated rings. The summed E-state index contributed by atoms with van der Waals surface area (Å²) < 4.78 is 11.0. The average Bonchev–Trinajstić information content (AvgIpc) is 2.72. The maximum absolute atomic E-state index is 12.4. The molecule has 0 spiro atoms. The van der Waals surface area contributed by atoms with Gasteiger partial charge in [0, 0.05) is 24.1 Å². The third kappa shape index (κ3) is 5.14. The Morgan fingerprint density at radius 1 is 1.27 bits per heavy atom. The van der Waals surface area contributed by atoms with E-state index in [1.165, 1.54) is 12.1 Å². The van der Waals surface area contributed by atoms with E-state index in [-0.39, 0.29) is 23.5 Å². The number of rotatable bonds is 7. The first-order valence-electron chi connectivity index (χ1n) is 10.2. The fourth-order valence-corrected chi connectivity index (χ4v) is 4.07. The maximum atomic E-state index is 12.4.